The van der Waals surface area contributed by atoms with E-state index in [1.807, 2.05) is 13.8 Å². The first kappa shape index (κ1) is 16.2. The Morgan fingerprint density at radius 3 is 2.50 bits per heavy atom. The van der Waals surface area contributed by atoms with Crippen LogP contribution in [0.5, 0.6) is 11.5 Å². The van der Waals surface area contributed by atoms with Crippen molar-refractivity contribution < 1.29 is 23.0 Å². The molecule has 0 unspecified atom stereocenters. The topological polar surface area (TPSA) is 47.6 Å². The third-order valence-electron chi connectivity index (χ3n) is 3.03. The maximum atomic E-state index is 12.4. The lowest BCUT2D eigenvalue weighted by atomic mass is 10.2. The quantitative estimate of drug-likeness (QED) is 0.894. The number of aryl methyl sites for hydroxylation is 2. The van der Waals surface area contributed by atoms with E-state index in [0.717, 1.165) is 10.4 Å². The molecule has 2 aromatic rings. The van der Waals surface area contributed by atoms with Gasteiger partial charge in [0.2, 0.25) is 0 Å². The number of ether oxygens (including phenoxy) is 2. The minimum Gasteiger partial charge on any atom is -0.493 e. The second-order valence-electron chi connectivity index (χ2n) is 4.55. The molecule has 0 atom stereocenters. The largest absolute Gasteiger partial charge is 0.493 e. The first-order valence-electron chi connectivity index (χ1n) is 6.42. The predicted octanol–water partition coefficient (Wildman–Crippen LogP) is 4.23. The average molecular weight is 327 g/mol. The second-order valence-corrected chi connectivity index (χ2v) is 5.80. The highest BCUT2D eigenvalue weighted by Crippen LogP contribution is 2.32. The number of hydrogen-bond donors (Lipinski definition) is 1. The normalized spacial score (nSPS) is 10.6. The Labute approximate surface area is 130 Å². The van der Waals surface area contributed by atoms with Crippen LogP contribution in [0.15, 0.2) is 24.3 Å². The van der Waals surface area contributed by atoms with Crippen LogP contribution in [-0.4, -0.2) is 19.6 Å². The van der Waals surface area contributed by atoms with Crippen LogP contribution in [0.2, 0.25) is 0 Å². The lowest BCUT2D eigenvalue weighted by Gasteiger charge is -2.12. The zero-order chi connectivity index (χ0) is 16.3. The molecular formula is C15H15F2NO3S. The molecule has 0 fully saturated rings. The first-order chi connectivity index (χ1) is 10.4. The number of methoxy groups -OCH3 is 1. The summed E-state index contributed by atoms with van der Waals surface area (Å²) in [7, 11) is 1.35. The Bertz CT molecular complexity index is 666. The van der Waals surface area contributed by atoms with Crippen LogP contribution in [0.25, 0.3) is 0 Å². The molecule has 118 valence electrons. The van der Waals surface area contributed by atoms with Gasteiger partial charge in [-0.2, -0.15) is 8.78 Å². The van der Waals surface area contributed by atoms with Gasteiger partial charge in [0.15, 0.2) is 11.5 Å². The van der Waals surface area contributed by atoms with Crippen LogP contribution in [-0.2, 0) is 0 Å². The average Bonchev–Trinajstić information content (AvgIpc) is 2.78. The molecule has 1 aromatic heterocycles. The SMILES string of the molecule is COc1ccc(NC(=O)c2cc(C)c(C)s2)cc1OC(F)F. The number of halogens is 2. The highest BCUT2D eigenvalue weighted by molar-refractivity contribution is 7.14. The standard InChI is InChI=1S/C15H15F2NO3S/c1-8-6-13(22-9(8)2)14(19)18-10-4-5-11(20-3)12(7-10)21-15(16)17/h4-7,15H,1-3H3,(H,18,19). The predicted molar refractivity (Wildman–Crippen MR) is 81.4 cm³/mol. The summed E-state index contributed by atoms with van der Waals surface area (Å²) in [5, 5.41) is 2.65. The van der Waals surface area contributed by atoms with E-state index in [-0.39, 0.29) is 17.4 Å². The van der Waals surface area contributed by atoms with Crippen molar-refractivity contribution in [1.29, 1.82) is 0 Å². The number of rotatable bonds is 5. The number of benzene rings is 1. The molecule has 0 radical (unpaired) electrons. The zero-order valence-electron chi connectivity index (χ0n) is 12.3. The molecule has 2 rings (SSSR count). The van der Waals surface area contributed by atoms with Crippen LogP contribution in [0.4, 0.5) is 14.5 Å². The molecule has 0 bridgehead atoms. The van der Waals surface area contributed by atoms with Gasteiger partial charge in [-0.25, -0.2) is 0 Å². The molecule has 0 saturated carbocycles. The molecule has 0 aliphatic carbocycles. The van der Waals surface area contributed by atoms with Crippen molar-refractivity contribution >= 4 is 22.9 Å². The zero-order valence-corrected chi connectivity index (χ0v) is 13.1. The Morgan fingerprint density at radius 2 is 1.95 bits per heavy atom. The molecular weight excluding hydrogens is 312 g/mol. The van der Waals surface area contributed by atoms with Gasteiger partial charge in [-0.15, -0.1) is 11.3 Å². The Hall–Kier alpha value is -2.15. The first-order valence-corrected chi connectivity index (χ1v) is 7.23. The van der Waals surface area contributed by atoms with Gasteiger partial charge >= 0.3 is 6.61 Å². The van der Waals surface area contributed by atoms with E-state index in [2.05, 4.69) is 10.1 Å². The van der Waals surface area contributed by atoms with E-state index in [9.17, 15) is 13.6 Å². The van der Waals surface area contributed by atoms with Crippen molar-refractivity contribution in [3.05, 3.63) is 39.6 Å². The summed E-state index contributed by atoms with van der Waals surface area (Å²) in [6.45, 7) is 0.881. The molecule has 1 heterocycles. The Kier molecular flexibility index (Phi) is 4.97. The van der Waals surface area contributed by atoms with E-state index < -0.39 is 6.61 Å². The van der Waals surface area contributed by atoms with Crippen LogP contribution in [0.1, 0.15) is 20.1 Å². The molecule has 4 nitrogen and oxygen atoms in total. The van der Waals surface area contributed by atoms with Crippen molar-refractivity contribution in [3.63, 3.8) is 0 Å². The maximum absolute atomic E-state index is 12.4. The van der Waals surface area contributed by atoms with E-state index in [1.165, 1.54) is 30.6 Å². The van der Waals surface area contributed by atoms with Crippen molar-refractivity contribution in [3.8, 4) is 11.5 Å². The summed E-state index contributed by atoms with van der Waals surface area (Å²) < 4.78 is 34.1. The van der Waals surface area contributed by atoms with E-state index in [1.54, 1.807) is 12.1 Å². The summed E-state index contributed by atoms with van der Waals surface area (Å²) in [5.74, 6) is -0.260. The highest BCUT2D eigenvalue weighted by Gasteiger charge is 2.14. The second kappa shape index (κ2) is 6.74. The molecule has 1 N–H and O–H groups in total. The van der Waals surface area contributed by atoms with Crippen LogP contribution in [0.3, 0.4) is 0 Å². The summed E-state index contributed by atoms with van der Waals surface area (Å²) in [6, 6.07) is 6.10. The molecule has 1 aromatic carbocycles. The summed E-state index contributed by atoms with van der Waals surface area (Å²) >= 11 is 1.38. The fourth-order valence-corrected chi connectivity index (χ4v) is 2.75. The van der Waals surface area contributed by atoms with Crippen LogP contribution < -0.4 is 14.8 Å². The van der Waals surface area contributed by atoms with Crippen LogP contribution in [0, 0.1) is 13.8 Å². The number of anilines is 1. The number of carbonyl (C=O) groups excluding carboxylic acids is 1. The third kappa shape index (κ3) is 3.73. The van der Waals surface area contributed by atoms with Crippen LogP contribution >= 0.6 is 11.3 Å². The number of amides is 1. The van der Waals surface area contributed by atoms with Gasteiger partial charge in [0.25, 0.3) is 5.91 Å². The maximum Gasteiger partial charge on any atom is 0.387 e. The highest BCUT2D eigenvalue weighted by atomic mass is 32.1. The fourth-order valence-electron chi connectivity index (χ4n) is 1.82. The monoisotopic (exact) mass is 327 g/mol. The van der Waals surface area contributed by atoms with Gasteiger partial charge < -0.3 is 14.8 Å². The van der Waals surface area contributed by atoms with Gasteiger partial charge in [-0.3, -0.25) is 4.79 Å². The van der Waals surface area contributed by atoms with Gasteiger partial charge in [0.1, 0.15) is 0 Å². The molecule has 1 amide bonds. The van der Waals surface area contributed by atoms with Crippen molar-refractivity contribution in [1.82, 2.24) is 0 Å². The van der Waals surface area contributed by atoms with E-state index >= 15 is 0 Å². The number of hydrogen-bond acceptors (Lipinski definition) is 4. The molecule has 0 aliphatic rings. The van der Waals surface area contributed by atoms with E-state index in [0.29, 0.717) is 10.6 Å². The lowest BCUT2D eigenvalue weighted by Crippen LogP contribution is -2.11. The molecule has 0 saturated heterocycles. The number of nitrogens with one attached hydrogen (secondary N) is 1. The molecule has 7 heteroatoms. The Morgan fingerprint density at radius 1 is 1.23 bits per heavy atom. The number of carbonyl (C=O) groups is 1. The van der Waals surface area contributed by atoms with E-state index in [4.69, 9.17) is 4.74 Å². The molecule has 0 spiro atoms. The Balaban J connectivity index is 2.20. The lowest BCUT2D eigenvalue weighted by molar-refractivity contribution is -0.0511. The van der Waals surface area contributed by atoms with Crippen molar-refractivity contribution in [2.24, 2.45) is 0 Å². The summed E-state index contributed by atoms with van der Waals surface area (Å²) in [5.41, 5.74) is 1.39. The smallest absolute Gasteiger partial charge is 0.387 e. The van der Waals surface area contributed by atoms with Crippen molar-refractivity contribution in [2.75, 3.05) is 12.4 Å². The summed E-state index contributed by atoms with van der Waals surface area (Å²) in [4.78, 5) is 13.8. The van der Waals surface area contributed by atoms with Gasteiger partial charge in [-0.05, 0) is 37.6 Å². The third-order valence-corrected chi connectivity index (χ3v) is 4.18. The van der Waals surface area contributed by atoms with Crippen molar-refractivity contribution in [2.45, 2.75) is 20.5 Å². The fraction of sp³-hybridized carbons (Fsp3) is 0.267. The number of alkyl halides is 2. The van der Waals surface area contributed by atoms with Gasteiger partial charge in [-0.1, -0.05) is 0 Å². The molecule has 22 heavy (non-hydrogen) atoms. The van der Waals surface area contributed by atoms with Gasteiger partial charge in [0, 0.05) is 16.6 Å². The molecule has 0 aliphatic heterocycles. The minimum absolute atomic E-state index is 0.131. The summed E-state index contributed by atoms with van der Waals surface area (Å²) in [6.07, 6.45) is 0. The number of thiophene rings is 1. The minimum atomic E-state index is -2.97. The van der Waals surface area contributed by atoms with Gasteiger partial charge in [0.05, 0.1) is 12.0 Å².